The fourth-order valence-corrected chi connectivity index (χ4v) is 3.82. The molecule has 1 N–H and O–H groups in total. The molecule has 3 nitrogen and oxygen atoms in total. The Bertz CT molecular complexity index is 505. The smallest absolute Gasteiger partial charge is 0.125 e. The number of halogens is 1. The van der Waals surface area contributed by atoms with Gasteiger partial charge in [-0.1, -0.05) is 11.6 Å². The summed E-state index contributed by atoms with van der Waals surface area (Å²) < 4.78 is 11.7. The number of benzene rings is 1. The highest BCUT2D eigenvalue weighted by Crippen LogP contribution is 2.42. The maximum absolute atomic E-state index is 6.27. The average Bonchev–Trinajstić information content (AvgIpc) is 2.98. The summed E-state index contributed by atoms with van der Waals surface area (Å²) in [6, 6.07) is 4.10. The van der Waals surface area contributed by atoms with Crippen LogP contribution in [0, 0.1) is 5.41 Å². The molecule has 1 fully saturated rings. The van der Waals surface area contributed by atoms with Crippen LogP contribution in [0.15, 0.2) is 12.1 Å². The average molecular weight is 296 g/mol. The fraction of sp³-hybridized carbons (Fsp3) is 0.625. The monoisotopic (exact) mass is 295 g/mol. The molecule has 1 aromatic rings. The van der Waals surface area contributed by atoms with Gasteiger partial charge in [-0.2, -0.15) is 0 Å². The highest BCUT2D eigenvalue weighted by molar-refractivity contribution is 6.30. The SMILES string of the molecule is CNCC1(Cc2cc(Cl)cc3c2OCC3)CCOC1C. The van der Waals surface area contributed by atoms with E-state index in [1.165, 1.54) is 11.1 Å². The lowest BCUT2D eigenvalue weighted by atomic mass is 9.76. The molecule has 2 unspecified atom stereocenters. The summed E-state index contributed by atoms with van der Waals surface area (Å²) in [5.74, 6) is 1.06. The Morgan fingerprint density at radius 1 is 1.40 bits per heavy atom. The Labute approximate surface area is 125 Å². The zero-order chi connectivity index (χ0) is 14.2. The van der Waals surface area contributed by atoms with Gasteiger partial charge in [-0.15, -0.1) is 0 Å². The van der Waals surface area contributed by atoms with Crippen molar-refractivity contribution in [1.29, 1.82) is 0 Å². The lowest BCUT2D eigenvalue weighted by molar-refractivity contribution is 0.0637. The van der Waals surface area contributed by atoms with E-state index in [0.717, 1.165) is 49.8 Å². The molecule has 0 bridgehead atoms. The summed E-state index contributed by atoms with van der Waals surface area (Å²) in [5.41, 5.74) is 2.62. The minimum atomic E-state index is 0.138. The molecular formula is C16H22ClNO2. The predicted octanol–water partition coefficient (Wildman–Crippen LogP) is 2.83. The summed E-state index contributed by atoms with van der Waals surface area (Å²) in [6.07, 6.45) is 3.26. The molecule has 1 saturated heterocycles. The van der Waals surface area contributed by atoms with Gasteiger partial charge in [0.25, 0.3) is 0 Å². The number of hydrogen-bond acceptors (Lipinski definition) is 3. The molecule has 2 atom stereocenters. The van der Waals surface area contributed by atoms with Gasteiger partial charge in [0.15, 0.2) is 0 Å². The van der Waals surface area contributed by atoms with Gasteiger partial charge >= 0.3 is 0 Å². The second-order valence-electron chi connectivity index (χ2n) is 5.98. The molecule has 0 saturated carbocycles. The molecule has 1 aromatic carbocycles. The van der Waals surface area contributed by atoms with Crippen molar-refractivity contribution in [3.05, 3.63) is 28.3 Å². The molecule has 0 radical (unpaired) electrons. The molecule has 2 aliphatic heterocycles. The van der Waals surface area contributed by atoms with E-state index >= 15 is 0 Å². The van der Waals surface area contributed by atoms with E-state index < -0.39 is 0 Å². The van der Waals surface area contributed by atoms with Crippen LogP contribution in [-0.4, -0.2) is 32.9 Å². The van der Waals surface area contributed by atoms with E-state index in [-0.39, 0.29) is 11.5 Å². The van der Waals surface area contributed by atoms with Gasteiger partial charge in [0, 0.05) is 30.0 Å². The van der Waals surface area contributed by atoms with Crippen molar-refractivity contribution in [3.63, 3.8) is 0 Å². The van der Waals surface area contributed by atoms with Gasteiger partial charge in [-0.25, -0.2) is 0 Å². The molecule has 2 aliphatic rings. The van der Waals surface area contributed by atoms with Gasteiger partial charge in [-0.05, 0) is 50.1 Å². The minimum Gasteiger partial charge on any atom is -0.493 e. The lowest BCUT2D eigenvalue weighted by Crippen LogP contribution is -2.40. The second kappa shape index (κ2) is 5.55. The zero-order valence-corrected chi connectivity index (χ0v) is 12.9. The first kappa shape index (κ1) is 14.2. The van der Waals surface area contributed by atoms with Crippen LogP contribution in [0.1, 0.15) is 24.5 Å². The van der Waals surface area contributed by atoms with Gasteiger partial charge < -0.3 is 14.8 Å². The second-order valence-corrected chi connectivity index (χ2v) is 6.42. The number of rotatable bonds is 4. The van der Waals surface area contributed by atoms with Gasteiger partial charge in [-0.3, -0.25) is 0 Å². The van der Waals surface area contributed by atoms with Crippen LogP contribution in [0.3, 0.4) is 0 Å². The molecule has 20 heavy (non-hydrogen) atoms. The first-order valence-corrected chi connectivity index (χ1v) is 7.73. The Kier molecular flexibility index (Phi) is 3.93. The zero-order valence-electron chi connectivity index (χ0n) is 12.2. The Hall–Kier alpha value is -0.770. The summed E-state index contributed by atoms with van der Waals surface area (Å²) in [4.78, 5) is 0. The standard InChI is InChI=1S/C16H22ClNO2/c1-11-16(10-18-2,4-6-19-11)9-13-8-14(17)7-12-3-5-20-15(12)13/h7-8,11,18H,3-6,9-10H2,1-2H3. The van der Waals surface area contributed by atoms with Crippen molar-refractivity contribution in [2.45, 2.75) is 32.3 Å². The Morgan fingerprint density at radius 2 is 2.25 bits per heavy atom. The molecule has 0 aromatic heterocycles. The first-order valence-electron chi connectivity index (χ1n) is 7.35. The van der Waals surface area contributed by atoms with Gasteiger partial charge in [0.1, 0.15) is 5.75 Å². The summed E-state index contributed by atoms with van der Waals surface area (Å²) in [7, 11) is 2.01. The van der Waals surface area contributed by atoms with Crippen LogP contribution in [0.4, 0.5) is 0 Å². The number of hydrogen-bond donors (Lipinski definition) is 1. The van der Waals surface area contributed by atoms with Crippen molar-refractivity contribution in [2.24, 2.45) is 5.41 Å². The van der Waals surface area contributed by atoms with Crippen LogP contribution in [-0.2, 0) is 17.6 Å². The third kappa shape index (κ3) is 2.43. The summed E-state index contributed by atoms with van der Waals surface area (Å²) in [5, 5.41) is 4.14. The topological polar surface area (TPSA) is 30.5 Å². The van der Waals surface area contributed by atoms with Crippen molar-refractivity contribution in [3.8, 4) is 5.75 Å². The largest absolute Gasteiger partial charge is 0.493 e. The molecule has 110 valence electrons. The molecule has 4 heteroatoms. The predicted molar refractivity (Wildman–Crippen MR) is 80.7 cm³/mol. The number of fused-ring (bicyclic) bond motifs is 1. The maximum Gasteiger partial charge on any atom is 0.125 e. The third-order valence-corrected chi connectivity index (χ3v) is 4.95. The van der Waals surface area contributed by atoms with E-state index in [9.17, 15) is 0 Å². The third-order valence-electron chi connectivity index (χ3n) is 4.73. The molecule has 2 heterocycles. The normalized spacial score (nSPS) is 28.4. The van der Waals surface area contributed by atoms with Crippen molar-refractivity contribution in [1.82, 2.24) is 5.32 Å². The van der Waals surface area contributed by atoms with E-state index in [4.69, 9.17) is 21.1 Å². The number of ether oxygens (including phenoxy) is 2. The highest BCUT2D eigenvalue weighted by atomic mass is 35.5. The van der Waals surface area contributed by atoms with Crippen molar-refractivity contribution >= 4 is 11.6 Å². The lowest BCUT2D eigenvalue weighted by Gasteiger charge is -2.32. The summed E-state index contributed by atoms with van der Waals surface area (Å²) in [6.45, 7) is 4.74. The van der Waals surface area contributed by atoms with Crippen LogP contribution in [0.2, 0.25) is 5.02 Å². The van der Waals surface area contributed by atoms with Gasteiger partial charge in [0.05, 0.1) is 12.7 Å². The van der Waals surface area contributed by atoms with Crippen molar-refractivity contribution < 1.29 is 9.47 Å². The highest BCUT2D eigenvalue weighted by Gasteiger charge is 2.41. The number of nitrogens with one attached hydrogen (secondary N) is 1. The molecular weight excluding hydrogens is 274 g/mol. The van der Waals surface area contributed by atoms with Crippen LogP contribution < -0.4 is 10.1 Å². The molecule has 0 aliphatic carbocycles. The quantitative estimate of drug-likeness (QED) is 0.926. The molecule has 3 rings (SSSR count). The van der Waals surface area contributed by atoms with Crippen LogP contribution in [0.5, 0.6) is 5.75 Å². The maximum atomic E-state index is 6.27. The van der Waals surface area contributed by atoms with Crippen LogP contribution in [0.25, 0.3) is 0 Å². The first-order chi connectivity index (χ1) is 9.64. The molecule has 0 amide bonds. The van der Waals surface area contributed by atoms with E-state index in [1.54, 1.807) is 0 Å². The van der Waals surface area contributed by atoms with E-state index in [2.05, 4.69) is 18.3 Å². The van der Waals surface area contributed by atoms with Gasteiger partial charge in [0.2, 0.25) is 0 Å². The van der Waals surface area contributed by atoms with Crippen molar-refractivity contribution in [2.75, 3.05) is 26.8 Å². The Morgan fingerprint density at radius 3 is 2.95 bits per heavy atom. The minimum absolute atomic E-state index is 0.138. The Balaban J connectivity index is 1.93. The molecule has 0 spiro atoms. The van der Waals surface area contributed by atoms with E-state index in [1.807, 2.05) is 13.1 Å². The summed E-state index contributed by atoms with van der Waals surface area (Å²) >= 11 is 6.27. The fourth-order valence-electron chi connectivity index (χ4n) is 3.55. The van der Waals surface area contributed by atoms with Crippen LogP contribution >= 0.6 is 11.6 Å². The van der Waals surface area contributed by atoms with E-state index in [0.29, 0.717) is 0 Å².